The van der Waals surface area contributed by atoms with E-state index >= 15 is 0 Å². The first-order valence-corrected chi connectivity index (χ1v) is 17.7. The van der Waals surface area contributed by atoms with Gasteiger partial charge in [-0.25, -0.2) is 0 Å². The SMILES string of the molecule is Cc1ccc(NC(=O)[C@H]2[C@@H]3C=C[C@]4(O3)[C@@H]2C(=O)N(CCCN2CCN(Cc3ccccc3)CC2)[C@@H]4C(=O)NC2CCCCC2)cc1Cl. The van der Waals surface area contributed by atoms with Crippen LogP contribution in [-0.2, 0) is 25.7 Å². The molecule has 3 saturated heterocycles. The summed E-state index contributed by atoms with van der Waals surface area (Å²) in [6.07, 6.45) is 9.20. The van der Waals surface area contributed by atoms with E-state index in [0.29, 0.717) is 17.3 Å². The second kappa shape index (κ2) is 13.7. The number of nitrogens with one attached hydrogen (secondary N) is 2. The van der Waals surface area contributed by atoms with Crippen molar-refractivity contribution in [1.29, 1.82) is 0 Å². The van der Waals surface area contributed by atoms with Crippen molar-refractivity contribution in [3.05, 3.63) is 76.8 Å². The molecule has 2 aromatic carbocycles. The summed E-state index contributed by atoms with van der Waals surface area (Å²) in [4.78, 5) is 48.9. The molecular weight excluding hydrogens is 614 g/mol. The molecule has 1 aliphatic carbocycles. The first-order chi connectivity index (χ1) is 22.8. The largest absolute Gasteiger partial charge is 0.359 e. The van der Waals surface area contributed by atoms with Crippen molar-refractivity contribution in [2.24, 2.45) is 11.8 Å². The van der Waals surface area contributed by atoms with Gasteiger partial charge in [0, 0.05) is 56.0 Å². The molecule has 5 aliphatic rings. The lowest BCUT2D eigenvalue weighted by Crippen LogP contribution is -2.56. The van der Waals surface area contributed by atoms with Gasteiger partial charge in [-0.2, -0.15) is 0 Å². The summed E-state index contributed by atoms with van der Waals surface area (Å²) >= 11 is 6.33. The number of likely N-dealkylation sites (tertiary alicyclic amines) is 1. The van der Waals surface area contributed by atoms with Crippen LogP contribution in [0.5, 0.6) is 0 Å². The molecule has 2 bridgehead atoms. The zero-order valence-electron chi connectivity index (χ0n) is 27.2. The molecule has 2 N–H and O–H groups in total. The Hall–Kier alpha value is -3.24. The van der Waals surface area contributed by atoms with Gasteiger partial charge in [0.25, 0.3) is 0 Å². The normalized spacial score (nSPS) is 29.3. The molecule has 3 amide bonds. The van der Waals surface area contributed by atoms with Crippen molar-refractivity contribution in [3.63, 3.8) is 0 Å². The van der Waals surface area contributed by atoms with E-state index in [1.54, 1.807) is 11.0 Å². The highest BCUT2D eigenvalue weighted by Crippen LogP contribution is 2.55. The van der Waals surface area contributed by atoms with Crippen molar-refractivity contribution in [2.45, 2.75) is 75.8 Å². The second-order valence-electron chi connectivity index (χ2n) is 14.0. The summed E-state index contributed by atoms with van der Waals surface area (Å²) in [7, 11) is 0. The van der Waals surface area contributed by atoms with E-state index in [0.717, 1.165) is 76.9 Å². The molecule has 4 heterocycles. The molecule has 1 saturated carbocycles. The molecule has 250 valence electrons. The lowest BCUT2D eigenvalue weighted by Gasteiger charge is -2.36. The van der Waals surface area contributed by atoms with Crippen molar-refractivity contribution in [3.8, 4) is 0 Å². The van der Waals surface area contributed by atoms with Gasteiger partial charge in [0.05, 0.1) is 17.9 Å². The minimum absolute atomic E-state index is 0.101. The second-order valence-corrected chi connectivity index (χ2v) is 14.4. The van der Waals surface area contributed by atoms with Gasteiger partial charge in [0.15, 0.2) is 0 Å². The maximum absolute atomic E-state index is 14.4. The number of carbonyl (C=O) groups excluding carboxylic acids is 3. The summed E-state index contributed by atoms with van der Waals surface area (Å²) in [5, 5.41) is 6.82. The predicted molar refractivity (Wildman–Crippen MR) is 182 cm³/mol. The number of fused-ring (bicyclic) bond motifs is 1. The lowest BCUT2D eigenvalue weighted by molar-refractivity contribution is -0.141. The number of benzene rings is 2. The zero-order valence-corrected chi connectivity index (χ0v) is 28.0. The fourth-order valence-electron chi connectivity index (χ4n) is 8.41. The van der Waals surface area contributed by atoms with Gasteiger partial charge in [0.1, 0.15) is 11.6 Å². The van der Waals surface area contributed by atoms with Gasteiger partial charge in [0.2, 0.25) is 17.7 Å². The number of carbonyl (C=O) groups is 3. The molecule has 5 atom stereocenters. The molecule has 10 heteroatoms. The summed E-state index contributed by atoms with van der Waals surface area (Å²) in [6.45, 7) is 8.08. The van der Waals surface area contributed by atoms with Gasteiger partial charge in [-0.15, -0.1) is 0 Å². The molecule has 1 spiro atoms. The molecule has 0 aromatic heterocycles. The number of rotatable bonds is 10. The summed E-state index contributed by atoms with van der Waals surface area (Å²) in [6, 6.07) is 15.2. The van der Waals surface area contributed by atoms with Crippen LogP contribution in [0.25, 0.3) is 0 Å². The van der Waals surface area contributed by atoms with E-state index in [2.05, 4.69) is 44.7 Å². The Morgan fingerprint density at radius 3 is 2.45 bits per heavy atom. The summed E-state index contributed by atoms with van der Waals surface area (Å²) in [5.41, 5.74) is 1.66. The van der Waals surface area contributed by atoms with Crippen LogP contribution in [0, 0.1) is 18.8 Å². The lowest BCUT2D eigenvalue weighted by atomic mass is 9.74. The van der Waals surface area contributed by atoms with E-state index < -0.39 is 29.6 Å². The first-order valence-electron chi connectivity index (χ1n) is 17.4. The van der Waals surface area contributed by atoms with E-state index in [9.17, 15) is 14.4 Å². The van der Waals surface area contributed by atoms with E-state index in [-0.39, 0.29) is 23.8 Å². The minimum atomic E-state index is -1.16. The monoisotopic (exact) mass is 659 g/mol. The number of halogens is 1. The Bertz CT molecular complexity index is 1510. The maximum Gasteiger partial charge on any atom is 0.246 e. The molecule has 2 aromatic rings. The van der Waals surface area contributed by atoms with Crippen LogP contribution < -0.4 is 10.6 Å². The third-order valence-electron chi connectivity index (χ3n) is 10.9. The Balaban J connectivity index is 1.04. The molecule has 4 aliphatic heterocycles. The van der Waals surface area contributed by atoms with Crippen LogP contribution in [0.2, 0.25) is 5.02 Å². The van der Waals surface area contributed by atoms with Crippen molar-refractivity contribution < 1.29 is 19.1 Å². The van der Waals surface area contributed by atoms with Crippen molar-refractivity contribution in [1.82, 2.24) is 20.0 Å². The van der Waals surface area contributed by atoms with E-state index in [4.69, 9.17) is 16.3 Å². The number of piperazine rings is 1. The Labute approximate surface area is 282 Å². The Morgan fingerprint density at radius 2 is 1.70 bits per heavy atom. The molecular formula is C37H46ClN5O4. The number of ether oxygens (including phenoxy) is 1. The quantitative estimate of drug-likeness (QED) is 0.368. The Kier molecular flexibility index (Phi) is 9.42. The van der Waals surface area contributed by atoms with Crippen molar-refractivity contribution in [2.75, 3.05) is 44.6 Å². The molecule has 0 unspecified atom stereocenters. The fourth-order valence-corrected chi connectivity index (χ4v) is 8.59. The highest BCUT2D eigenvalue weighted by molar-refractivity contribution is 6.31. The highest BCUT2D eigenvalue weighted by Gasteiger charge is 2.72. The first kappa shape index (κ1) is 32.3. The third-order valence-corrected chi connectivity index (χ3v) is 11.3. The molecule has 9 nitrogen and oxygen atoms in total. The van der Waals surface area contributed by atoms with E-state index in [1.807, 2.05) is 37.3 Å². The standard InChI is InChI=1S/C37H46ClN5O4/c1-25-13-14-28(23-29(25)38)40-34(44)31-30-15-16-37(47-30)32(31)36(46)43(33(37)35(45)39-27-11-6-3-7-12-27)18-8-17-41-19-21-42(22-20-41)24-26-9-4-2-5-10-26/h2,4-5,9-10,13-16,23,27,30-33H,3,6-8,11-12,17-22,24H2,1H3,(H,39,45)(H,40,44)/t30-,31-,32-,33+,37-/m0/s1. The van der Waals surface area contributed by atoms with Crippen LogP contribution in [0.1, 0.15) is 49.7 Å². The summed E-state index contributed by atoms with van der Waals surface area (Å²) < 4.78 is 6.54. The van der Waals surface area contributed by atoms with E-state index in [1.165, 1.54) is 12.0 Å². The fraction of sp³-hybridized carbons (Fsp3) is 0.541. The van der Waals surface area contributed by atoms with Crippen LogP contribution in [0.4, 0.5) is 5.69 Å². The average Bonchev–Trinajstić information content (AvgIpc) is 3.72. The predicted octanol–water partition coefficient (Wildman–Crippen LogP) is 4.39. The Morgan fingerprint density at radius 1 is 0.957 bits per heavy atom. The highest BCUT2D eigenvalue weighted by atomic mass is 35.5. The van der Waals surface area contributed by atoms with Crippen LogP contribution in [-0.4, -0.2) is 95.5 Å². The number of nitrogens with zero attached hydrogens (tertiary/aromatic N) is 3. The van der Waals surface area contributed by atoms with Crippen molar-refractivity contribution >= 4 is 35.0 Å². The molecule has 7 rings (SSSR count). The molecule has 47 heavy (non-hydrogen) atoms. The zero-order chi connectivity index (χ0) is 32.5. The van der Waals surface area contributed by atoms with Gasteiger partial charge >= 0.3 is 0 Å². The van der Waals surface area contributed by atoms with Crippen LogP contribution >= 0.6 is 11.6 Å². The number of anilines is 1. The minimum Gasteiger partial charge on any atom is -0.359 e. The number of amides is 3. The van der Waals surface area contributed by atoms with Crippen LogP contribution in [0.3, 0.4) is 0 Å². The molecule has 0 radical (unpaired) electrons. The number of hydrogen-bond acceptors (Lipinski definition) is 6. The van der Waals surface area contributed by atoms with Crippen LogP contribution in [0.15, 0.2) is 60.7 Å². The summed E-state index contributed by atoms with van der Waals surface area (Å²) in [5.74, 6) is -2.13. The number of hydrogen-bond donors (Lipinski definition) is 2. The average molecular weight is 660 g/mol. The topological polar surface area (TPSA) is 94.2 Å². The van der Waals surface area contributed by atoms with Gasteiger partial charge in [-0.3, -0.25) is 19.3 Å². The smallest absolute Gasteiger partial charge is 0.246 e. The van der Waals surface area contributed by atoms with Gasteiger partial charge in [-0.1, -0.05) is 79.4 Å². The third kappa shape index (κ3) is 6.47. The maximum atomic E-state index is 14.4. The van der Waals surface area contributed by atoms with Gasteiger partial charge < -0.3 is 25.2 Å². The van der Waals surface area contributed by atoms with Gasteiger partial charge in [-0.05, 0) is 56.0 Å². The molecule has 4 fully saturated rings. The number of aryl methyl sites for hydroxylation is 1.